The van der Waals surface area contributed by atoms with Crippen LogP contribution < -0.4 is 4.24 Å². The molecule has 1 aromatic carbocycles. The second kappa shape index (κ2) is 3.25. The summed E-state index contributed by atoms with van der Waals surface area (Å²) < 4.78 is 3.55. The Balaban J connectivity index is 3.25. The van der Waals surface area contributed by atoms with Crippen LogP contribution in [0.5, 0.6) is 0 Å². The van der Waals surface area contributed by atoms with Crippen LogP contribution >= 0.6 is 31.9 Å². The fourth-order valence-electron chi connectivity index (χ4n) is 0.581. The normalized spacial score (nSPS) is 9.78. The Hall–Kier alpha value is 0.777. The van der Waals surface area contributed by atoms with Gasteiger partial charge in [0.15, 0.2) is 0 Å². The molecule has 9 heavy (non-hydrogen) atoms. The van der Waals surface area contributed by atoms with Crippen molar-refractivity contribution in [2.24, 2.45) is 0 Å². The molecular weight excluding hydrogens is 239 g/mol. The van der Waals surface area contributed by atoms with E-state index in [1.54, 1.807) is 0 Å². The Bertz CT molecular complexity index is 202. The predicted octanol–water partition coefficient (Wildman–Crippen LogP) is 2.01. The summed E-state index contributed by atoms with van der Waals surface area (Å²) in [6, 6.07) is 6.06. The molecule has 0 aliphatic rings. The minimum absolute atomic E-state index is 1.15. The Kier molecular flexibility index (Phi) is 2.85. The SMILES string of the molecule is [Li][c]1c(Br)cccc1Br. The molecule has 0 heterocycles. The van der Waals surface area contributed by atoms with Crippen LogP contribution in [-0.2, 0) is 0 Å². The molecule has 3 heteroatoms. The molecule has 0 N–H and O–H groups in total. The Morgan fingerprint density at radius 1 is 1.11 bits per heavy atom. The van der Waals surface area contributed by atoms with Gasteiger partial charge in [0.2, 0.25) is 0 Å². The first-order chi connectivity index (χ1) is 4.22. The summed E-state index contributed by atoms with van der Waals surface area (Å²) in [5.41, 5.74) is 0. The zero-order valence-electron chi connectivity index (χ0n) is 4.99. The van der Waals surface area contributed by atoms with Gasteiger partial charge in [-0.2, -0.15) is 0 Å². The third kappa shape index (κ3) is 1.85. The van der Waals surface area contributed by atoms with Crippen molar-refractivity contribution in [1.82, 2.24) is 0 Å². The topological polar surface area (TPSA) is 0 Å². The van der Waals surface area contributed by atoms with E-state index in [0.29, 0.717) is 0 Å². The third-order valence-corrected chi connectivity index (χ3v) is 2.92. The van der Waals surface area contributed by atoms with Crippen molar-refractivity contribution in [2.45, 2.75) is 0 Å². The van der Waals surface area contributed by atoms with E-state index in [9.17, 15) is 0 Å². The van der Waals surface area contributed by atoms with Crippen molar-refractivity contribution >= 4 is 53.8 Å². The van der Waals surface area contributed by atoms with Crippen LogP contribution in [0.15, 0.2) is 27.1 Å². The van der Waals surface area contributed by atoms with E-state index in [-0.39, 0.29) is 0 Å². The number of hydrogen-bond donors (Lipinski definition) is 0. The molecule has 1 aromatic rings. The van der Waals surface area contributed by atoms with Gasteiger partial charge in [0.1, 0.15) is 0 Å². The van der Waals surface area contributed by atoms with Crippen molar-refractivity contribution in [3.05, 3.63) is 27.1 Å². The molecule has 0 unspecified atom stereocenters. The molecule has 0 bridgehead atoms. The predicted molar refractivity (Wildman–Crippen MR) is 47.2 cm³/mol. The first-order valence-corrected chi connectivity index (χ1v) is 4.21. The van der Waals surface area contributed by atoms with Crippen molar-refractivity contribution in [3.8, 4) is 0 Å². The van der Waals surface area contributed by atoms with Crippen LogP contribution in [0.4, 0.5) is 0 Å². The molecule has 0 spiro atoms. The van der Waals surface area contributed by atoms with E-state index in [4.69, 9.17) is 0 Å². The van der Waals surface area contributed by atoms with Crippen LogP contribution in [0.25, 0.3) is 0 Å². The van der Waals surface area contributed by atoms with Crippen LogP contribution in [0.3, 0.4) is 0 Å². The summed E-state index contributed by atoms with van der Waals surface area (Å²) in [4.78, 5) is 0. The van der Waals surface area contributed by atoms with Gasteiger partial charge in [-0.05, 0) is 0 Å². The molecule has 42 valence electrons. The van der Waals surface area contributed by atoms with Gasteiger partial charge in [0, 0.05) is 0 Å². The third-order valence-electron chi connectivity index (χ3n) is 1.20. The number of halogens is 2. The number of benzene rings is 1. The average Bonchev–Trinajstić information content (AvgIpc) is 1.83. The zero-order valence-corrected chi connectivity index (χ0v) is 8.16. The summed E-state index contributed by atoms with van der Waals surface area (Å²) in [5.74, 6) is 0. The van der Waals surface area contributed by atoms with Gasteiger partial charge >= 0.3 is 81.0 Å². The zero-order chi connectivity index (χ0) is 6.85. The maximum absolute atomic E-state index is 3.42. The molecule has 0 radical (unpaired) electrons. The van der Waals surface area contributed by atoms with Gasteiger partial charge in [0.25, 0.3) is 0 Å². The monoisotopic (exact) mass is 240 g/mol. The average molecular weight is 242 g/mol. The summed E-state index contributed by atoms with van der Waals surface area (Å²) in [6.07, 6.45) is 0. The van der Waals surface area contributed by atoms with Gasteiger partial charge in [0.05, 0.1) is 0 Å². The molecule has 0 aromatic heterocycles. The molecule has 0 amide bonds. The minimum atomic E-state index is 1.15. The Labute approximate surface area is 80.5 Å². The Morgan fingerprint density at radius 3 is 1.89 bits per heavy atom. The standard InChI is InChI=1S/C6H3Br2.Li/c7-5-2-1-3-6(8)4-5;/h1-3H;. The fraction of sp³-hybridized carbons (Fsp3) is 0. The Morgan fingerprint density at radius 2 is 1.56 bits per heavy atom. The van der Waals surface area contributed by atoms with E-state index < -0.39 is 0 Å². The van der Waals surface area contributed by atoms with E-state index in [1.165, 1.54) is 4.24 Å². The van der Waals surface area contributed by atoms with Gasteiger partial charge < -0.3 is 0 Å². The maximum atomic E-state index is 3.42. The summed E-state index contributed by atoms with van der Waals surface area (Å²) >= 11 is 8.90. The molecule has 0 saturated heterocycles. The summed E-state index contributed by atoms with van der Waals surface area (Å²) in [5, 5.41) is 0. The van der Waals surface area contributed by atoms with E-state index in [1.807, 2.05) is 18.2 Å². The molecule has 1 rings (SSSR count). The second-order valence-corrected chi connectivity index (χ2v) is 3.56. The molecule has 0 fully saturated rings. The summed E-state index contributed by atoms with van der Waals surface area (Å²) in [6.45, 7) is 0. The van der Waals surface area contributed by atoms with Crippen molar-refractivity contribution in [2.75, 3.05) is 0 Å². The van der Waals surface area contributed by atoms with Gasteiger partial charge in [-0.25, -0.2) is 0 Å². The second-order valence-electron chi connectivity index (χ2n) is 1.85. The number of hydrogen-bond acceptors (Lipinski definition) is 0. The molecular formula is C6H3Br2Li. The van der Waals surface area contributed by atoms with Crippen molar-refractivity contribution in [3.63, 3.8) is 0 Å². The van der Waals surface area contributed by atoms with E-state index in [2.05, 4.69) is 49.6 Å². The first-order valence-electron chi connectivity index (χ1n) is 2.62. The molecule has 0 saturated carbocycles. The molecule has 0 nitrogen and oxygen atoms in total. The molecule has 0 aliphatic carbocycles. The van der Waals surface area contributed by atoms with E-state index >= 15 is 0 Å². The van der Waals surface area contributed by atoms with Crippen molar-refractivity contribution < 1.29 is 0 Å². The summed E-state index contributed by atoms with van der Waals surface area (Å²) in [7, 11) is 0. The van der Waals surface area contributed by atoms with Gasteiger partial charge in [-0.15, -0.1) is 0 Å². The quantitative estimate of drug-likeness (QED) is 0.610. The van der Waals surface area contributed by atoms with Crippen LogP contribution in [-0.4, -0.2) is 17.7 Å². The van der Waals surface area contributed by atoms with Crippen molar-refractivity contribution in [1.29, 1.82) is 0 Å². The van der Waals surface area contributed by atoms with Gasteiger partial charge in [-0.1, -0.05) is 0 Å². The molecule has 0 atom stereocenters. The molecule has 0 aliphatic heterocycles. The van der Waals surface area contributed by atoms with Crippen LogP contribution in [0.2, 0.25) is 0 Å². The van der Waals surface area contributed by atoms with E-state index in [0.717, 1.165) is 8.95 Å². The van der Waals surface area contributed by atoms with Crippen LogP contribution in [0, 0.1) is 0 Å². The first kappa shape index (κ1) is 7.88. The van der Waals surface area contributed by atoms with Crippen LogP contribution in [0.1, 0.15) is 0 Å². The van der Waals surface area contributed by atoms with Gasteiger partial charge in [-0.3, -0.25) is 0 Å². The number of rotatable bonds is 0. The fourth-order valence-corrected chi connectivity index (χ4v) is 1.58.